The van der Waals surface area contributed by atoms with Gasteiger partial charge >= 0.3 is 0 Å². The van der Waals surface area contributed by atoms with Gasteiger partial charge in [-0.2, -0.15) is 0 Å². The van der Waals surface area contributed by atoms with Gasteiger partial charge in [0, 0.05) is 12.7 Å². The average molecular weight is 231 g/mol. The summed E-state index contributed by atoms with van der Waals surface area (Å²) < 4.78 is 5.43. The van der Waals surface area contributed by atoms with Crippen LogP contribution in [-0.4, -0.2) is 18.7 Å². The molecule has 1 aliphatic rings. The number of nitrogens with one attached hydrogen (secondary N) is 1. The van der Waals surface area contributed by atoms with Gasteiger partial charge in [-0.1, -0.05) is 30.3 Å². The maximum Gasteiger partial charge on any atom is 0.245 e. The third kappa shape index (κ3) is 4.04. The average Bonchev–Trinajstić information content (AvgIpc) is 2.39. The summed E-state index contributed by atoms with van der Waals surface area (Å²) in [7, 11) is 0. The van der Waals surface area contributed by atoms with Crippen molar-refractivity contribution < 1.29 is 9.53 Å². The van der Waals surface area contributed by atoms with Crippen molar-refractivity contribution in [3.05, 3.63) is 42.0 Å². The Kier molecular flexibility index (Phi) is 4.33. The highest BCUT2D eigenvalue weighted by Crippen LogP contribution is 2.10. The molecule has 1 amide bonds. The van der Waals surface area contributed by atoms with Crippen LogP contribution in [0.4, 0.5) is 0 Å². The van der Waals surface area contributed by atoms with Crippen molar-refractivity contribution in [2.24, 2.45) is 0 Å². The van der Waals surface area contributed by atoms with E-state index in [0.717, 1.165) is 31.4 Å². The summed E-state index contributed by atoms with van der Waals surface area (Å²) in [5, 5.41) is 2.84. The van der Waals surface area contributed by atoms with Crippen LogP contribution in [0.25, 0.3) is 6.08 Å². The fourth-order valence-electron chi connectivity index (χ4n) is 1.80. The lowest BCUT2D eigenvalue weighted by molar-refractivity contribution is -0.122. The van der Waals surface area contributed by atoms with Gasteiger partial charge in [0.15, 0.2) is 0 Å². The second kappa shape index (κ2) is 6.21. The van der Waals surface area contributed by atoms with E-state index in [9.17, 15) is 4.79 Å². The molecule has 1 fully saturated rings. The third-order valence-corrected chi connectivity index (χ3v) is 2.71. The molecule has 1 aromatic carbocycles. The molecule has 1 heterocycles. The number of amides is 1. The van der Waals surface area contributed by atoms with Gasteiger partial charge in [-0.05, 0) is 30.9 Å². The van der Waals surface area contributed by atoms with Crippen LogP contribution in [0.1, 0.15) is 24.8 Å². The Bertz CT molecular complexity index is 380. The van der Waals surface area contributed by atoms with Crippen molar-refractivity contribution in [3.63, 3.8) is 0 Å². The minimum atomic E-state index is -0.114. The highest BCUT2D eigenvalue weighted by molar-refractivity contribution is 5.91. The van der Waals surface area contributed by atoms with Gasteiger partial charge in [0.25, 0.3) is 0 Å². The van der Waals surface area contributed by atoms with E-state index < -0.39 is 0 Å². The lowest BCUT2D eigenvalue weighted by Crippen LogP contribution is -2.38. The molecule has 3 heteroatoms. The zero-order valence-corrected chi connectivity index (χ0v) is 9.76. The van der Waals surface area contributed by atoms with Crippen molar-refractivity contribution in [2.75, 3.05) is 6.61 Å². The SMILES string of the molecule is O=C(/C=C/c1ccccc1)NC1CCCCO1. The molecule has 0 saturated carbocycles. The standard InChI is InChI=1S/C14H17NO2/c16-13(15-14-8-4-5-11-17-14)10-9-12-6-2-1-3-7-12/h1-3,6-7,9-10,14H,4-5,8,11H2,(H,15,16)/b10-9+. The molecule has 1 atom stereocenters. The van der Waals surface area contributed by atoms with E-state index in [1.165, 1.54) is 0 Å². The number of hydrogen-bond donors (Lipinski definition) is 1. The first-order valence-corrected chi connectivity index (χ1v) is 6.00. The van der Waals surface area contributed by atoms with Crippen LogP contribution in [0.3, 0.4) is 0 Å². The Morgan fingerprint density at radius 1 is 1.29 bits per heavy atom. The topological polar surface area (TPSA) is 38.3 Å². The van der Waals surface area contributed by atoms with Crippen molar-refractivity contribution in [1.82, 2.24) is 5.32 Å². The zero-order chi connectivity index (χ0) is 11.9. The molecule has 0 spiro atoms. The van der Waals surface area contributed by atoms with Crippen LogP contribution < -0.4 is 5.32 Å². The molecular weight excluding hydrogens is 214 g/mol. The van der Waals surface area contributed by atoms with E-state index in [1.807, 2.05) is 30.3 Å². The highest BCUT2D eigenvalue weighted by atomic mass is 16.5. The van der Waals surface area contributed by atoms with Gasteiger partial charge in [0.05, 0.1) is 0 Å². The fourth-order valence-corrected chi connectivity index (χ4v) is 1.80. The number of benzene rings is 1. The van der Waals surface area contributed by atoms with Gasteiger partial charge < -0.3 is 10.1 Å². The van der Waals surface area contributed by atoms with Crippen molar-refractivity contribution in [1.29, 1.82) is 0 Å². The van der Waals surface area contributed by atoms with Crippen LogP contribution >= 0.6 is 0 Å². The Morgan fingerprint density at radius 2 is 2.12 bits per heavy atom. The molecule has 1 unspecified atom stereocenters. The number of carbonyl (C=O) groups is 1. The Labute approximate surface area is 101 Å². The molecule has 1 N–H and O–H groups in total. The van der Waals surface area contributed by atoms with Gasteiger partial charge in [0.1, 0.15) is 6.23 Å². The molecule has 1 aliphatic heterocycles. The molecule has 0 aliphatic carbocycles. The van der Waals surface area contributed by atoms with Crippen LogP contribution in [0, 0.1) is 0 Å². The number of carbonyl (C=O) groups excluding carboxylic acids is 1. The van der Waals surface area contributed by atoms with Crippen LogP contribution in [0.15, 0.2) is 36.4 Å². The summed E-state index contributed by atoms with van der Waals surface area (Å²) in [5.41, 5.74) is 1.02. The monoisotopic (exact) mass is 231 g/mol. The maximum absolute atomic E-state index is 11.6. The number of rotatable bonds is 3. The van der Waals surface area contributed by atoms with E-state index in [4.69, 9.17) is 4.74 Å². The summed E-state index contributed by atoms with van der Waals surface area (Å²) in [6.07, 6.45) is 6.35. The van der Waals surface area contributed by atoms with Gasteiger partial charge in [-0.25, -0.2) is 0 Å². The first-order valence-electron chi connectivity index (χ1n) is 6.00. The van der Waals surface area contributed by atoms with Crippen LogP contribution in [0.5, 0.6) is 0 Å². The first-order chi connectivity index (χ1) is 8.34. The molecule has 0 radical (unpaired) electrons. The highest BCUT2D eigenvalue weighted by Gasteiger charge is 2.14. The molecule has 1 aromatic rings. The third-order valence-electron chi connectivity index (χ3n) is 2.71. The first kappa shape index (κ1) is 11.9. The predicted octanol–water partition coefficient (Wildman–Crippen LogP) is 2.34. The van der Waals surface area contributed by atoms with Crippen molar-refractivity contribution >= 4 is 12.0 Å². The van der Waals surface area contributed by atoms with Crippen LogP contribution in [-0.2, 0) is 9.53 Å². The maximum atomic E-state index is 11.6. The molecule has 17 heavy (non-hydrogen) atoms. The van der Waals surface area contributed by atoms with Crippen molar-refractivity contribution in [2.45, 2.75) is 25.5 Å². The van der Waals surface area contributed by atoms with Crippen LogP contribution in [0.2, 0.25) is 0 Å². The Balaban J connectivity index is 1.82. The zero-order valence-electron chi connectivity index (χ0n) is 9.76. The summed E-state index contributed by atoms with van der Waals surface area (Å²) in [4.78, 5) is 11.6. The molecule has 0 bridgehead atoms. The lowest BCUT2D eigenvalue weighted by Gasteiger charge is -2.22. The Hall–Kier alpha value is -1.61. The fraction of sp³-hybridized carbons (Fsp3) is 0.357. The molecular formula is C14H17NO2. The quantitative estimate of drug-likeness (QED) is 0.811. The number of ether oxygens (including phenoxy) is 1. The van der Waals surface area contributed by atoms with E-state index >= 15 is 0 Å². The molecule has 2 rings (SSSR count). The Morgan fingerprint density at radius 3 is 2.82 bits per heavy atom. The summed E-state index contributed by atoms with van der Waals surface area (Å²) in [5.74, 6) is -0.0965. The minimum absolute atomic E-state index is 0.0965. The summed E-state index contributed by atoms with van der Waals surface area (Å²) in [6, 6.07) is 9.76. The normalized spacial score (nSPS) is 20.4. The summed E-state index contributed by atoms with van der Waals surface area (Å²) >= 11 is 0. The molecule has 1 saturated heterocycles. The van der Waals surface area contributed by atoms with E-state index in [1.54, 1.807) is 12.2 Å². The van der Waals surface area contributed by atoms with Gasteiger partial charge in [-0.3, -0.25) is 4.79 Å². The predicted molar refractivity (Wildman–Crippen MR) is 67.2 cm³/mol. The molecule has 3 nitrogen and oxygen atoms in total. The number of hydrogen-bond acceptors (Lipinski definition) is 2. The lowest BCUT2D eigenvalue weighted by atomic mass is 10.2. The molecule has 90 valence electrons. The van der Waals surface area contributed by atoms with Gasteiger partial charge in [0.2, 0.25) is 5.91 Å². The van der Waals surface area contributed by atoms with E-state index in [-0.39, 0.29) is 12.1 Å². The largest absolute Gasteiger partial charge is 0.359 e. The summed E-state index contributed by atoms with van der Waals surface area (Å²) in [6.45, 7) is 0.743. The second-order valence-corrected chi connectivity index (χ2v) is 4.11. The smallest absolute Gasteiger partial charge is 0.245 e. The molecule has 0 aromatic heterocycles. The minimum Gasteiger partial charge on any atom is -0.359 e. The van der Waals surface area contributed by atoms with E-state index in [2.05, 4.69) is 5.32 Å². The van der Waals surface area contributed by atoms with Crippen molar-refractivity contribution in [3.8, 4) is 0 Å². The van der Waals surface area contributed by atoms with E-state index in [0.29, 0.717) is 0 Å². The van der Waals surface area contributed by atoms with Gasteiger partial charge in [-0.15, -0.1) is 0 Å². The second-order valence-electron chi connectivity index (χ2n) is 4.11.